The molecule has 1 amide bonds. The predicted molar refractivity (Wildman–Crippen MR) is 66.6 cm³/mol. The van der Waals surface area contributed by atoms with E-state index in [1.54, 1.807) is 12.1 Å². The molecule has 0 saturated heterocycles. The van der Waals surface area contributed by atoms with Crippen LogP contribution in [0.1, 0.15) is 31.7 Å². The Morgan fingerprint density at radius 3 is 2.78 bits per heavy atom. The third-order valence-corrected chi connectivity index (χ3v) is 3.61. The molecule has 1 atom stereocenters. The average Bonchev–Trinajstić information content (AvgIpc) is 3.17. The Hall–Kier alpha value is -1.42. The highest BCUT2D eigenvalue weighted by Crippen LogP contribution is 2.48. The van der Waals surface area contributed by atoms with E-state index in [9.17, 15) is 9.18 Å². The van der Waals surface area contributed by atoms with Gasteiger partial charge in [0.15, 0.2) is 0 Å². The Kier molecular flexibility index (Phi) is 3.66. The molecular weight excluding hydrogens is 233 g/mol. The first kappa shape index (κ1) is 13.0. The van der Waals surface area contributed by atoms with Gasteiger partial charge in [0.25, 0.3) is 0 Å². The van der Waals surface area contributed by atoms with E-state index in [2.05, 4.69) is 5.32 Å². The predicted octanol–water partition coefficient (Wildman–Crippen LogP) is 1.74. The Morgan fingerprint density at radius 2 is 2.28 bits per heavy atom. The molecule has 18 heavy (non-hydrogen) atoms. The first-order chi connectivity index (χ1) is 8.62. The molecule has 1 aromatic carbocycles. The van der Waals surface area contributed by atoms with Crippen molar-refractivity contribution in [3.63, 3.8) is 0 Å². The molecule has 0 spiro atoms. The summed E-state index contributed by atoms with van der Waals surface area (Å²) < 4.78 is 13.2. The van der Waals surface area contributed by atoms with Crippen LogP contribution in [0, 0.1) is 5.82 Å². The fourth-order valence-electron chi connectivity index (χ4n) is 2.16. The largest absolute Gasteiger partial charge is 0.394 e. The van der Waals surface area contributed by atoms with Gasteiger partial charge >= 0.3 is 0 Å². The molecule has 1 aliphatic rings. The fourth-order valence-corrected chi connectivity index (χ4v) is 2.16. The summed E-state index contributed by atoms with van der Waals surface area (Å²) in [6.07, 6.45) is 2.16. The lowest BCUT2D eigenvalue weighted by molar-refractivity contribution is -0.124. The third-order valence-electron chi connectivity index (χ3n) is 3.61. The van der Waals surface area contributed by atoms with E-state index in [4.69, 9.17) is 5.11 Å². The number of hydrogen-bond donors (Lipinski definition) is 2. The summed E-state index contributed by atoms with van der Waals surface area (Å²) in [6.45, 7) is 1.84. The molecule has 0 aliphatic heterocycles. The van der Waals surface area contributed by atoms with Gasteiger partial charge in [-0.2, -0.15) is 0 Å². The van der Waals surface area contributed by atoms with E-state index >= 15 is 0 Å². The smallest absolute Gasteiger partial charge is 0.230 e. The molecule has 2 N–H and O–H groups in total. The van der Waals surface area contributed by atoms with Crippen LogP contribution in [0.5, 0.6) is 0 Å². The van der Waals surface area contributed by atoms with Crippen molar-refractivity contribution in [1.82, 2.24) is 5.32 Å². The van der Waals surface area contributed by atoms with Crippen LogP contribution in [0.25, 0.3) is 0 Å². The van der Waals surface area contributed by atoms with Gasteiger partial charge < -0.3 is 10.4 Å². The van der Waals surface area contributed by atoms with Crippen molar-refractivity contribution in [3.05, 3.63) is 35.6 Å². The molecule has 1 aliphatic carbocycles. The number of aliphatic hydroxyl groups excluding tert-OH is 1. The number of rotatable bonds is 5. The maximum absolute atomic E-state index is 13.2. The van der Waals surface area contributed by atoms with Crippen molar-refractivity contribution >= 4 is 5.91 Å². The zero-order valence-corrected chi connectivity index (χ0v) is 10.4. The number of aliphatic hydroxyl groups is 1. The summed E-state index contributed by atoms with van der Waals surface area (Å²) in [5.74, 6) is -0.422. The molecule has 2 rings (SSSR count). The van der Waals surface area contributed by atoms with Crippen LogP contribution >= 0.6 is 0 Å². The summed E-state index contributed by atoms with van der Waals surface area (Å²) in [5, 5.41) is 11.9. The lowest BCUT2D eigenvalue weighted by Gasteiger charge is -2.20. The minimum absolute atomic E-state index is 0.0680. The first-order valence-electron chi connectivity index (χ1n) is 6.30. The number of halogens is 1. The molecule has 0 aromatic heterocycles. The first-order valence-corrected chi connectivity index (χ1v) is 6.30. The molecule has 1 unspecified atom stereocenters. The number of carbonyl (C=O) groups is 1. The SMILES string of the molecule is CCC(CO)NC(=O)C1(c2cccc(F)c2)CC1. The molecule has 1 saturated carbocycles. The van der Waals surface area contributed by atoms with Gasteiger partial charge in [0, 0.05) is 0 Å². The van der Waals surface area contributed by atoms with E-state index < -0.39 is 5.41 Å². The minimum Gasteiger partial charge on any atom is -0.394 e. The zero-order chi connectivity index (χ0) is 13.2. The lowest BCUT2D eigenvalue weighted by Crippen LogP contribution is -2.43. The van der Waals surface area contributed by atoms with Crippen LogP contribution in [0.3, 0.4) is 0 Å². The molecular formula is C14H18FNO2. The van der Waals surface area contributed by atoms with Gasteiger partial charge in [-0.05, 0) is 37.0 Å². The second-order valence-electron chi connectivity index (χ2n) is 4.85. The highest BCUT2D eigenvalue weighted by atomic mass is 19.1. The molecule has 0 heterocycles. The van der Waals surface area contributed by atoms with Crippen molar-refractivity contribution in [1.29, 1.82) is 0 Å². The van der Waals surface area contributed by atoms with E-state index in [1.165, 1.54) is 12.1 Å². The molecule has 1 fully saturated rings. The van der Waals surface area contributed by atoms with E-state index in [0.29, 0.717) is 6.42 Å². The van der Waals surface area contributed by atoms with Gasteiger partial charge in [-0.3, -0.25) is 4.79 Å². The molecule has 0 bridgehead atoms. The van der Waals surface area contributed by atoms with Gasteiger partial charge in [0.05, 0.1) is 18.1 Å². The van der Waals surface area contributed by atoms with E-state index in [1.807, 2.05) is 6.92 Å². The minimum atomic E-state index is -0.579. The highest BCUT2D eigenvalue weighted by molar-refractivity contribution is 5.91. The van der Waals surface area contributed by atoms with Gasteiger partial charge in [0.2, 0.25) is 5.91 Å². The number of hydrogen-bond acceptors (Lipinski definition) is 2. The second-order valence-corrected chi connectivity index (χ2v) is 4.85. The quantitative estimate of drug-likeness (QED) is 0.837. The lowest BCUT2D eigenvalue weighted by atomic mass is 9.94. The van der Waals surface area contributed by atoms with E-state index in [-0.39, 0.29) is 24.4 Å². The van der Waals surface area contributed by atoms with Gasteiger partial charge in [0.1, 0.15) is 5.82 Å². The number of carbonyl (C=O) groups excluding carboxylic acids is 1. The van der Waals surface area contributed by atoms with Crippen molar-refractivity contribution in [2.45, 2.75) is 37.6 Å². The molecule has 98 valence electrons. The van der Waals surface area contributed by atoms with Gasteiger partial charge in [-0.1, -0.05) is 19.1 Å². The van der Waals surface area contributed by atoms with Crippen LogP contribution in [0.15, 0.2) is 24.3 Å². The van der Waals surface area contributed by atoms with Gasteiger partial charge in [-0.25, -0.2) is 4.39 Å². The third kappa shape index (κ3) is 2.38. The van der Waals surface area contributed by atoms with Crippen molar-refractivity contribution < 1.29 is 14.3 Å². The summed E-state index contributed by atoms with van der Waals surface area (Å²) in [6, 6.07) is 5.99. The number of amides is 1. The van der Waals surface area contributed by atoms with Crippen molar-refractivity contribution in [2.75, 3.05) is 6.61 Å². The standard InChI is InChI=1S/C14H18FNO2/c1-2-12(9-17)16-13(18)14(6-7-14)10-4-3-5-11(15)8-10/h3-5,8,12,17H,2,6-7,9H2,1H3,(H,16,18). The Morgan fingerprint density at radius 1 is 1.56 bits per heavy atom. The molecule has 4 heteroatoms. The monoisotopic (exact) mass is 251 g/mol. The van der Waals surface area contributed by atoms with Crippen LogP contribution in [-0.4, -0.2) is 23.7 Å². The number of nitrogens with one attached hydrogen (secondary N) is 1. The summed E-state index contributed by atoms with van der Waals surface area (Å²) in [5.41, 5.74) is 0.151. The number of benzene rings is 1. The average molecular weight is 251 g/mol. The summed E-state index contributed by atoms with van der Waals surface area (Å²) >= 11 is 0. The topological polar surface area (TPSA) is 49.3 Å². The molecule has 3 nitrogen and oxygen atoms in total. The van der Waals surface area contributed by atoms with Crippen LogP contribution in [0.4, 0.5) is 4.39 Å². The molecule has 0 radical (unpaired) electrons. The normalized spacial score (nSPS) is 18.2. The summed E-state index contributed by atoms with van der Waals surface area (Å²) in [4.78, 5) is 12.2. The Balaban J connectivity index is 2.14. The Bertz CT molecular complexity index is 439. The maximum Gasteiger partial charge on any atom is 0.230 e. The summed E-state index contributed by atoms with van der Waals surface area (Å²) in [7, 11) is 0. The maximum atomic E-state index is 13.2. The van der Waals surface area contributed by atoms with Crippen molar-refractivity contribution in [3.8, 4) is 0 Å². The Labute approximate surface area is 106 Å². The second kappa shape index (κ2) is 5.06. The van der Waals surface area contributed by atoms with Crippen LogP contribution in [-0.2, 0) is 10.2 Å². The highest BCUT2D eigenvalue weighted by Gasteiger charge is 2.51. The van der Waals surface area contributed by atoms with Crippen molar-refractivity contribution in [2.24, 2.45) is 0 Å². The fraction of sp³-hybridized carbons (Fsp3) is 0.500. The zero-order valence-electron chi connectivity index (χ0n) is 10.4. The van der Waals surface area contributed by atoms with Gasteiger partial charge in [-0.15, -0.1) is 0 Å². The van der Waals surface area contributed by atoms with E-state index in [0.717, 1.165) is 18.4 Å². The molecule has 1 aromatic rings. The van der Waals surface area contributed by atoms with Crippen LogP contribution in [0.2, 0.25) is 0 Å². The van der Waals surface area contributed by atoms with Crippen LogP contribution < -0.4 is 5.32 Å².